The van der Waals surface area contributed by atoms with Gasteiger partial charge >= 0.3 is 5.97 Å². The molecule has 1 aromatic rings. The Kier molecular flexibility index (Phi) is 6.13. The van der Waals surface area contributed by atoms with E-state index in [-0.39, 0.29) is 29.1 Å². The lowest BCUT2D eigenvalue weighted by molar-refractivity contribution is 0.0596. The van der Waals surface area contributed by atoms with Crippen LogP contribution < -0.4 is 10.5 Å². The Hall–Kier alpha value is -1.64. The second-order valence-corrected chi connectivity index (χ2v) is 6.23. The number of nitrogens with one attached hydrogen (secondary N) is 1. The fourth-order valence-electron chi connectivity index (χ4n) is 1.68. The van der Waals surface area contributed by atoms with Gasteiger partial charge in [-0.2, -0.15) is 0 Å². The minimum atomic E-state index is -3.91. The summed E-state index contributed by atoms with van der Waals surface area (Å²) in [6, 6.07) is 3.92. The zero-order valence-corrected chi connectivity index (χ0v) is 12.8. The molecule has 0 bridgehead atoms. The van der Waals surface area contributed by atoms with E-state index in [1.165, 1.54) is 25.3 Å². The molecule has 1 rings (SSSR count). The van der Waals surface area contributed by atoms with Crippen LogP contribution >= 0.6 is 0 Å². The number of ether oxygens (including phenoxy) is 1. The number of esters is 1. The van der Waals surface area contributed by atoms with Gasteiger partial charge < -0.3 is 15.6 Å². The zero-order chi connectivity index (χ0) is 16.0. The number of anilines is 1. The van der Waals surface area contributed by atoms with E-state index in [2.05, 4.69) is 9.46 Å². The van der Waals surface area contributed by atoms with Gasteiger partial charge in [0.1, 0.15) is 0 Å². The Labute approximate surface area is 124 Å². The predicted octanol–water partition coefficient (Wildman–Crippen LogP) is 0.495. The molecule has 0 aliphatic carbocycles. The summed E-state index contributed by atoms with van der Waals surface area (Å²) in [6.45, 7) is 1.86. The number of nitrogen functional groups attached to an aromatic ring is 1. The van der Waals surface area contributed by atoms with Crippen LogP contribution in [0, 0.1) is 0 Å². The highest BCUT2D eigenvalue weighted by Gasteiger charge is 2.23. The molecular weight excluding hydrogens is 296 g/mol. The van der Waals surface area contributed by atoms with Crippen LogP contribution in [-0.2, 0) is 14.8 Å². The molecule has 0 fully saturated rings. The molecule has 7 nitrogen and oxygen atoms in total. The van der Waals surface area contributed by atoms with E-state index in [0.29, 0.717) is 6.42 Å². The van der Waals surface area contributed by atoms with Crippen molar-refractivity contribution in [2.45, 2.75) is 30.8 Å². The summed E-state index contributed by atoms with van der Waals surface area (Å²) >= 11 is 0. The Bertz CT molecular complexity index is 601. The molecule has 0 aliphatic heterocycles. The first-order valence-corrected chi connectivity index (χ1v) is 7.95. The largest absolute Gasteiger partial charge is 0.465 e. The van der Waals surface area contributed by atoms with Crippen LogP contribution in [0.3, 0.4) is 0 Å². The SMILES string of the molecule is CCC(O)CCNS(=O)(=O)c1cc(N)ccc1C(=O)OC. The smallest absolute Gasteiger partial charge is 0.339 e. The number of nitrogens with two attached hydrogens (primary N) is 1. The number of aliphatic hydroxyl groups excluding tert-OH is 1. The molecule has 1 atom stereocenters. The number of rotatable bonds is 7. The highest BCUT2D eigenvalue weighted by molar-refractivity contribution is 7.89. The molecule has 0 saturated carbocycles. The molecule has 118 valence electrons. The first-order valence-electron chi connectivity index (χ1n) is 6.47. The molecule has 0 heterocycles. The minimum Gasteiger partial charge on any atom is -0.465 e. The summed E-state index contributed by atoms with van der Waals surface area (Å²) in [6.07, 6.45) is 0.243. The summed E-state index contributed by atoms with van der Waals surface area (Å²) in [5.41, 5.74) is 5.71. The highest BCUT2D eigenvalue weighted by atomic mass is 32.2. The molecule has 1 unspecified atom stereocenters. The van der Waals surface area contributed by atoms with Crippen molar-refractivity contribution in [3.63, 3.8) is 0 Å². The minimum absolute atomic E-state index is 0.0623. The van der Waals surface area contributed by atoms with Crippen molar-refractivity contribution in [2.24, 2.45) is 0 Å². The van der Waals surface area contributed by atoms with Gasteiger partial charge in [-0.05, 0) is 31.0 Å². The van der Waals surface area contributed by atoms with E-state index >= 15 is 0 Å². The summed E-state index contributed by atoms with van der Waals surface area (Å²) in [7, 11) is -2.75. The second kappa shape index (κ2) is 7.39. The van der Waals surface area contributed by atoms with Crippen LogP contribution in [0.1, 0.15) is 30.1 Å². The summed E-state index contributed by atoms with van der Waals surface area (Å²) < 4.78 is 31.4. The molecule has 4 N–H and O–H groups in total. The predicted molar refractivity (Wildman–Crippen MR) is 78.3 cm³/mol. The maximum atomic E-state index is 12.2. The van der Waals surface area contributed by atoms with Gasteiger partial charge in [0.05, 0.1) is 23.7 Å². The van der Waals surface area contributed by atoms with Crippen molar-refractivity contribution in [1.29, 1.82) is 0 Å². The van der Waals surface area contributed by atoms with Gasteiger partial charge in [-0.25, -0.2) is 17.9 Å². The van der Waals surface area contributed by atoms with E-state index in [9.17, 15) is 18.3 Å². The summed E-state index contributed by atoms with van der Waals surface area (Å²) in [5.74, 6) is -0.760. The summed E-state index contributed by atoms with van der Waals surface area (Å²) in [4.78, 5) is 11.4. The van der Waals surface area contributed by atoms with E-state index in [1.54, 1.807) is 6.92 Å². The number of aliphatic hydroxyl groups is 1. The van der Waals surface area contributed by atoms with Crippen LogP contribution in [0.2, 0.25) is 0 Å². The number of methoxy groups -OCH3 is 1. The molecule has 8 heteroatoms. The fourth-order valence-corrected chi connectivity index (χ4v) is 2.96. The van der Waals surface area contributed by atoms with Crippen molar-refractivity contribution in [3.05, 3.63) is 23.8 Å². The van der Waals surface area contributed by atoms with E-state index < -0.39 is 22.1 Å². The van der Waals surface area contributed by atoms with Gasteiger partial charge in [0.25, 0.3) is 0 Å². The lowest BCUT2D eigenvalue weighted by Gasteiger charge is -2.12. The Balaban J connectivity index is 3.01. The number of hydrogen-bond donors (Lipinski definition) is 3. The molecule has 0 radical (unpaired) electrons. The molecular formula is C13H20N2O5S. The standard InChI is InChI=1S/C13H20N2O5S/c1-3-10(16)6-7-15-21(18,19)12-8-9(14)4-5-11(12)13(17)20-2/h4-5,8,10,15-16H,3,6-7,14H2,1-2H3. The third-order valence-electron chi connectivity index (χ3n) is 2.94. The number of benzene rings is 1. The molecule has 21 heavy (non-hydrogen) atoms. The van der Waals surface area contributed by atoms with Gasteiger partial charge in [-0.1, -0.05) is 6.92 Å². The maximum Gasteiger partial charge on any atom is 0.339 e. The van der Waals surface area contributed by atoms with Crippen LogP contribution in [0.4, 0.5) is 5.69 Å². The van der Waals surface area contributed by atoms with E-state index in [4.69, 9.17) is 5.73 Å². The molecule has 0 amide bonds. The van der Waals surface area contributed by atoms with Crippen molar-refractivity contribution in [1.82, 2.24) is 4.72 Å². The maximum absolute atomic E-state index is 12.2. The molecule has 0 aromatic heterocycles. The Morgan fingerprint density at radius 3 is 2.71 bits per heavy atom. The number of carbonyl (C=O) groups excluding carboxylic acids is 1. The van der Waals surface area contributed by atoms with Crippen molar-refractivity contribution in [3.8, 4) is 0 Å². The fraction of sp³-hybridized carbons (Fsp3) is 0.462. The van der Waals surface area contributed by atoms with Crippen LogP contribution in [0.5, 0.6) is 0 Å². The van der Waals surface area contributed by atoms with Crippen LogP contribution in [0.15, 0.2) is 23.1 Å². The second-order valence-electron chi connectivity index (χ2n) is 4.50. The molecule has 1 aromatic carbocycles. The van der Waals surface area contributed by atoms with Crippen LogP contribution in [0.25, 0.3) is 0 Å². The Morgan fingerprint density at radius 1 is 1.48 bits per heavy atom. The first kappa shape index (κ1) is 17.4. The van der Waals surface area contributed by atoms with E-state index in [0.717, 1.165) is 0 Å². The van der Waals surface area contributed by atoms with Crippen LogP contribution in [-0.4, -0.2) is 39.3 Å². The quantitative estimate of drug-likeness (QED) is 0.498. The van der Waals surface area contributed by atoms with Gasteiger partial charge in [0.15, 0.2) is 0 Å². The van der Waals surface area contributed by atoms with Crippen molar-refractivity contribution < 1.29 is 23.1 Å². The normalized spacial score (nSPS) is 12.9. The van der Waals surface area contributed by atoms with Crippen molar-refractivity contribution >= 4 is 21.7 Å². The van der Waals surface area contributed by atoms with Gasteiger partial charge in [0, 0.05) is 12.2 Å². The lowest BCUT2D eigenvalue weighted by Crippen LogP contribution is -2.28. The van der Waals surface area contributed by atoms with Crippen molar-refractivity contribution in [2.75, 3.05) is 19.4 Å². The average Bonchev–Trinajstić information content (AvgIpc) is 2.45. The highest BCUT2D eigenvalue weighted by Crippen LogP contribution is 2.20. The molecule has 0 saturated heterocycles. The summed E-state index contributed by atoms with van der Waals surface area (Å²) in [5, 5.41) is 9.42. The number of sulfonamides is 1. The van der Waals surface area contributed by atoms with Gasteiger partial charge in [-0.3, -0.25) is 0 Å². The monoisotopic (exact) mass is 316 g/mol. The van der Waals surface area contributed by atoms with Gasteiger partial charge in [-0.15, -0.1) is 0 Å². The lowest BCUT2D eigenvalue weighted by atomic mass is 10.2. The molecule has 0 spiro atoms. The average molecular weight is 316 g/mol. The zero-order valence-electron chi connectivity index (χ0n) is 12.0. The first-order chi connectivity index (χ1) is 9.81. The topological polar surface area (TPSA) is 119 Å². The third kappa shape index (κ3) is 4.69. The number of carbonyl (C=O) groups is 1. The molecule has 0 aliphatic rings. The van der Waals surface area contributed by atoms with Gasteiger partial charge in [0.2, 0.25) is 10.0 Å². The number of hydrogen-bond acceptors (Lipinski definition) is 6. The Morgan fingerprint density at radius 2 is 2.14 bits per heavy atom. The van der Waals surface area contributed by atoms with E-state index in [1.807, 2.05) is 0 Å². The third-order valence-corrected chi connectivity index (χ3v) is 4.44.